The van der Waals surface area contributed by atoms with Gasteiger partial charge in [0.15, 0.2) is 5.78 Å². The molecule has 8 nitrogen and oxygen atoms in total. The van der Waals surface area contributed by atoms with Crippen LogP contribution in [0.15, 0.2) is 47.7 Å². The van der Waals surface area contributed by atoms with E-state index in [1.807, 2.05) is 29.2 Å². The predicted molar refractivity (Wildman–Crippen MR) is 123 cm³/mol. The van der Waals surface area contributed by atoms with Crippen molar-refractivity contribution in [3.8, 4) is 0 Å². The molecule has 0 atom stereocenters. The number of Topliss-reactive ketones (excluding diaryl/α,β-unsaturated/α-hetero) is 1. The smallest absolute Gasteiger partial charge is 0.261 e. The highest BCUT2D eigenvalue weighted by Gasteiger charge is 2.19. The van der Waals surface area contributed by atoms with Crippen molar-refractivity contribution in [2.24, 2.45) is 0 Å². The molecule has 0 unspecified atom stereocenters. The Labute approximate surface area is 190 Å². The molecule has 1 aromatic carbocycles. The number of carbonyl (C=O) groups is 2. The minimum Gasteiger partial charge on any atom is -0.368 e. The van der Waals surface area contributed by atoms with Gasteiger partial charge in [0.25, 0.3) is 5.56 Å². The molecular weight excluding hydrogens is 430 g/mol. The molecule has 4 rings (SSSR count). The lowest BCUT2D eigenvalue weighted by Crippen LogP contribution is -2.48. The van der Waals surface area contributed by atoms with Gasteiger partial charge in [0, 0.05) is 51.4 Å². The van der Waals surface area contributed by atoms with Gasteiger partial charge < -0.3 is 9.80 Å². The van der Waals surface area contributed by atoms with Gasteiger partial charge in [-0.2, -0.15) is 0 Å². The Balaban J connectivity index is 1.46. The molecule has 0 N–H and O–H groups in total. The fourth-order valence-electron chi connectivity index (χ4n) is 3.84. The number of anilines is 1. The number of piperazine rings is 1. The van der Waals surface area contributed by atoms with Crippen LogP contribution in [0.4, 0.5) is 5.69 Å². The Kier molecular flexibility index (Phi) is 6.50. The van der Waals surface area contributed by atoms with Gasteiger partial charge in [-0.25, -0.2) is 9.97 Å². The normalized spacial score (nSPS) is 14.1. The third-order valence-corrected chi connectivity index (χ3v) is 5.95. The van der Waals surface area contributed by atoms with E-state index in [0.717, 1.165) is 11.3 Å². The van der Waals surface area contributed by atoms with E-state index in [2.05, 4.69) is 14.9 Å². The summed E-state index contributed by atoms with van der Waals surface area (Å²) < 4.78 is 1.36. The largest absolute Gasteiger partial charge is 0.368 e. The molecular formula is C23H24ClN5O3. The summed E-state index contributed by atoms with van der Waals surface area (Å²) in [5, 5.41) is 0.891. The van der Waals surface area contributed by atoms with Gasteiger partial charge in [-0.3, -0.25) is 19.0 Å². The van der Waals surface area contributed by atoms with Gasteiger partial charge in [0.1, 0.15) is 5.15 Å². The van der Waals surface area contributed by atoms with E-state index in [9.17, 15) is 14.4 Å². The molecule has 0 aliphatic carbocycles. The van der Waals surface area contributed by atoms with Crippen LogP contribution in [0, 0.1) is 0 Å². The van der Waals surface area contributed by atoms with Crippen molar-refractivity contribution in [1.82, 2.24) is 19.4 Å². The van der Waals surface area contributed by atoms with Crippen LogP contribution < -0.4 is 10.5 Å². The van der Waals surface area contributed by atoms with Gasteiger partial charge >= 0.3 is 0 Å². The van der Waals surface area contributed by atoms with Crippen LogP contribution in [0.1, 0.15) is 18.9 Å². The third kappa shape index (κ3) is 4.96. The second kappa shape index (κ2) is 9.48. The Bertz CT molecular complexity index is 1200. The Morgan fingerprint density at radius 2 is 1.84 bits per heavy atom. The van der Waals surface area contributed by atoms with Crippen LogP contribution in [0.2, 0.25) is 5.15 Å². The molecule has 0 bridgehead atoms. The van der Waals surface area contributed by atoms with Crippen LogP contribution in [0.25, 0.3) is 10.9 Å². The average Bonchev–Trinajstić information content (AvgIpc) is 2.80. The van der Waals surface area contributed by atoms with E-state index < -0.39 is 0 Å². The summed E-state index contributed by atoms with van der Waals surface area (Å²) in [6.07, 6.45) is 3.91. The Morgan fingerprint density at radius 3 is 2.53 bits per heavy atom. The van der Waals surface area contributed by atoms with E-state index in [4.69, 9.17) is 11.6 Å². The topological polar surface area (TPSA) is 88.4 Å². The zero-order valence-electron chi connectivity index (χ0n) is 17.8. The van der Waals surface area contributed by atoms with Crippen molar-refractivity contribution in [3.05, 3.63) is 63.9 Å². The first kappa shape index (κ1) is 22.0. The number of nitrogens with zero attached hydrogens (tertiary/aromatic N) is 5. The Morgan fingerprint density at radius 1 is 1.06 bits per heavy atom. The number of aromatic nitrogens is 3. The summed E-state index contributed by atoms with van der Waals surface area (Å²) in [4.78, 5) is 49.4. The number of halogens is 1. The molecule has 0 spiro atoms. The molecule has 1 aliphatic rings. The quantitative estimate of drug-likeness (QED) is 0.532. The standard InChI is InChI=1S/C23H24ClN5O3/c1-16(30)27-8-10-28(11-9-27)18-4-6-21-20(12-18)23(32)29(15-26-21)14-19(31)5-2-17-3-7-22(24)25-13-17/h3-4,6-7,12-13,15H,2,5,8-11,14H2,1H3. The number of aryl methyl sites for hydroxylation is 1. The van der Waals surface area contributed by atoms with Gasteiger partial charge in [0.05, 0.1) is 23.8 Å². The van der Waals surface area contributed by atoms with E-state index in [1.54, 1.807) is 19.2 Å². The van der Waals surface area contributed by atoms with Gasteiger partial charge in [-0.05, 0) is 36.2 Å². The number of amides is 1. The van der Waals surface area contributed by atoms with Gasteiger partial charge in [-0.15, -0.1) is 0 Å². The number of fused-ring (bicyclic) bond motifs is 1. The summed E-state index contributed by atoms with van der Waals surface area (Å²) >= 11 is 5.78. The Hall–Kier alpha value is -3.26. The molecule has 9 heteroatoms. The van der Waals surface area contributed by atoms with Crippen molar-refractivity contribution in [3.63, 3.8) is 0 Å². The van der Waals surface area contributed by atoms with Crippen LogP contribution >= 0.6 is 11.6 Å². The third-order valence-electron chi connectivity index (χ3n) is 5.73. The summed E-state index contributed by atoms with van der Waals surface area (Å²) in [5.41, 5.74) is 2.19. The van der Waals surface area contributed by atoms with Gasteiger partial charge in [-0.1, -0.05) is 17.7 Å². The van der Waals surface area contributed by atoms with E-state index >= 15 is 0 Å². The second-order valence-electron chi connectivity index (χ2n) is 7.90. The number of benzene rings is 1. The molecule has 2 aromatic heterocycles. The SMILES string of the molecule is CC(=O)N1CCN(c2ccc3ncn(CC(=O)CCc4ccc(Cl)nc4)c(=O)c3c2)CC1. The maximum Gasteiger partial charge on any atom is 0.261 e. The van der Waals surface area contributed by atoms with E-state index in [-0.39, 0.29) is 23.8 Å². The first-order valence-electron chi connectivity index (χ1n) is 10.5. The zero-order valence-corrected chi connectivity index (χ0v) is 18.6. The van der Waals surface area contributed by atoms with Crippen molar-refractivity contribution in [1.29, 1.82) is 0 Å². The summed E-state index contributed by atoms with van der Waals surface area (Å²) in [5.74, 6) is 0.0203. The fraction of sp³-hybridized carbons (Fsp3) is 0.348. The lowest BCUT2D eigenvalue weighted by Gasteiger charge is -2.35. The van der Waals surface area contributed by atoms with Crippen molar-refractivity contribution in [2.75, 3.05) is 31.1 Å². The molecule has 1 amide bonds. The van der Waals surface area contributed by atoms with Crippen molar-refractivity contribution < 1.29 is 9.59 Å². The van der Waals surface area contributed by atoms with E-state index in [0.29, 0.717) is 55.1 Å². The van der Waals surface area contributed by atoms with Crippen molar-refractivity contribution in [2.45, 2.75) is 26.3 Å². The molecule has 1 saturated heterocycles. The molecule has 1 aliphatic heterocycles. The highest BCUT2D eigenvalue weighted by atomic mass is 35.5. The first-order chi connectivity index (χ1) is 15.4. The number of pyridine rings is 1. The minimum absolute atomic E-state index is 0.0235. The molecule has 166 valence electrons. The summed E-state index contributed by atoms with van der Waals surface area (Å²) in [7, 11) is 0. The van der Waals surface area contributed by atoms with Crippen LogP contribution in [-0.2, 0) is 22.6 Å². The zero-order chi connectivity index (χ0) is 22.7. The summed E-state index contributed by atoms with van der Waals surface area (Å²) in [6.45, 7) is 4.28. The molecule has 32 heavy (non-hydrogen) atoms. The number of rotatable bonds is 6. The molecule has 0 radical (unpaired) electrons. The van der Waals surface area contributed by atoms with Crippen molar-refractivity contribution >= 4 is 39.9 Å². The second-order valence-corrected chi connectivity index (χ2v) is 8.29. The number of hydrogen-bond acceptors (Lipinski definition) is 6. The monoisotopic (exact) mass is 453 g/mol. The molecule has 3 aromatic rings. The minimum atomic E-state index is -0.235. The van der Waals surface area contributed by atoms with Gasteiger partial charge in [0.2, 0.25) is 5.91 Å². The number of ketones is 1. The highest BCUT2D eigenvalue weighted by molar-refractivity contribution is 6.29. The van der Waals surface area contributed by atoms with Crippen LogP contribution in [0.3, 0.4) is 0 Å². The maximum atomic E-state index is 13.0. The van der Waals surface area contributed by atoms with E-state index in [1.165, 1.54) is 10.9 Å². The predicted octanol–water partition coefficient (Wildman–Crippen LogP) is 2.32. The molecule has 1 fully saturated rings. The number of carbonyl (C=O) groups excluding carboxylic acids is 2. The fourth-order valence-corrected chi connectivity index (χ4v) is 3.95. The maximum absolute atomic E-state index is 13.0. The first-order valence-corrected chi connectivity index (χ1v) is 10.9. The van der Waals surface area contributed by atoms with Crippen LogP contribution in [0.5, 0.6) is 0 Å². The lowest BCUT2D eigenvalue weighted by atomic mass is 10.1. The average molecular weight is 454 g/mol. The molecule has 0 saturated carbocycles. The molecule has 3 heterocycles. The summed E-state index contributed by atoms with van der Waals surface area (Å²) in [6, 6.07) is 9.12. The lowest BCUT2D eigenvalue weighted by molar-refractivity contribution is -0.129. The number of hydrogen-bond donors (Lipinski definition) is 0. The van der Waals surface area contributed by atoms with Crippen LogP contribution in [-0.4, -0.2) is 57.3 Å². The highest BCUT2D eigenvalue weighted by Crippen LogP contribution is 2.20.